The summed E-state index contributed by atoms with van der Waals surface area (Å²) in [6.07, 6.45) is 1.55. The van der Waals surface area contributed by atoms with Gasteiger partial charge in [-0.05, 0) is 31.2 Å². The van der Waals surface area contributed by atoms with Gasteiger partial charge in [0.05, 0.1) is 0 Å². The fourth-order valence-electron chi connectivity index (χ4n) is 2.98. The number of halogens is 1. The van der Waals surface area contributed by atoms with E-state index in [0.717, 1.165) is 42.7 Å². The van der Waals surface area contributed by atoms with Crippen LogP contribution in [0.5, 0.6) is 0 Å². The molecule has 118 valence electrons. The Morgan fingerprint density at radius 1 is 1.00 bits per heavy atom. The highest BCUT2D eigenvalue weighted by atomic mass is 35.5. The summed E-state index contributed by atoms with van der Waals surface area (Å²) >= 11 is 5.97. The molecule has 0 radical (unpaired) electrons. The summed E-state index contributed by atoms with van der Waals surface area (Å²) in [5.74, 6) is 1.71. The van der Waals surface area contributed by atoms with Gasteiger partial charge in [0.1, 0.15) is 12.1 Å². The van der Waals surface area contributed by atoms with Gasteiger partial charge in [-0.25, -0.2) is 4.98 Å². The number of fused-ring (bicyclic) bond motifs is 1. The third kappa shape index (κ3) is 2.70. The van der Waals surface area contributed by atoms with Gasteiger partial charge in [0, 0.05) is 48.6 Å². The molecule has 0 spiro atoms. The number of aryl methyl sites for hydroxylation is 1. The van der Waals surface area contributed by atoms with E-state index >= 15 is 0 Å². The molecule has 0 N–H and O–H groups in total. The quantitative estimate of drug-likeness (QED) is 0.723. The van der Waals surface area contributed by atoms with Crippen molar-refractivity contribution in [3.63, 3.8) is 0 Å². The Morgan fingerprint density at radius 2 is 1.70 bits per heavy atom. The molecule has 0 atom stereocenters. The second-order valence-corrected chi connectivity index (χ2v) is 6.11. The molecule has 0 unspecified atom stereocenters. The molecule has 0 saturated carbocycles. The van der Waals surface area contributed by atoms with Crippen molar-refractivity contribution in [3.8, 4) is 0 Å². The van der Waals surface area contributed by atoms with Crippen molar-refractivity contribution in [2.45, 2.75) is 6.92 Å². The Balaban J connectivity index is 1.55. The highest BCUT2D eigenvalue weighted by Crippen LogP contribution is 2.22. The highest BCUT2D eigenvalue weighted by Gasteiger charge is 2.20. The van der Waals surface area contributed by atoms with Crippen LogP contribution in [0.2, 0.25) is 5.02 Å². The fraction of sp³-hybridized carbons (Fsp3) is 0.312. The molecule has 6 nitrogen and oxygen atoms in total. The predicted octanol–water partition coefficient (Wildman–Crippen LogP) is 2.41. The summed E-state index contributed by atoms with van der Waals surface area (Å²) in [6.45, 7) is 5.77. The van der Waals surface area contributed by atoms with Crippen molar-refractivity contribution in [2.24, 2.45) is 0 Å². The van der Waals surface area contributed by atoms with Crippen LogP contribution in [0.4, 0.5) is 11.5 Å². The zero-order valence-corrected chi connectivity index (χ0v) is 13.6. The van der Waals surface area contributed by atoms with Crippen molar-refractivity contribution in [3.05, 3.63) is 47.4 Å². The standard InChI is InChI=1S/C16H17ClN6/c1-12-10-15(23-16(20-12)18-11-19-23)22-8-6-21(7-9-22)14-4-2-13(17)3-5-14/h2-5,10-11H,6-9H2,1H3. The van der Waals surface area contributed by atoms with Crippen LogP contribution in [0.25, 0.3) is 5.78 Å². The molecule has 2 aromatic heterocycles. The molecule has 3 heterocycles. The van der Waals surface area contributed by atoms with E-state index < -0.39 is 0 Å². The third-order valence-corrected chi connectivity index (χ3v) is 4.41. The lowest BCUT2D eigenvalue weighted by Crippen LogP contribution is -2.47. The van der Waals surface area contributed by atoms with Gasteiger partial charge < -0.3 is 9.80 Å². The molecule has 1 aromatic carbocycles. The number of hydrogen-bond acceptors (Lipinski definition) is 5. The molecule has 0 amide bonds. The number of hydrogen-bond donors (Lipinski definition) is 0. The largest absolute Gasteiger partial charge is 0.368 e. The van der Waals surface area contributed by atoms with E-state index in [2.05, 4.69) is 43.1 Å². The van der Waals surface area contributed by atoms with Crippen LogP contribution in [0.15, 0.2) is 36.7 Å². The molecule has 3 aromatic rings. The number of rotatable bonds is 2. The number of benzene rings is 1. The van der Waals surface area contributed by atoms with E-state index in [9.17, 15) is 0 Å². The third-order valence-electron chi connectivity index (χ3n) is 4.16. The molecule has 1 fully saturated rings. The van der Waals surface area contributed by atoms with Gasteiger partial charge in [-0.2, -0.15) is 14.6 Å². The Bertz CT molecular complexity index is 820. The maximum absolute atomic E-state index is 5.97. The molecule has 7 heteroatoms. The smallest absolute Gasteiger partial charge is 0.254 e. The first kappa shape index (κ1) is 14.3. The number of piperazine rings is 1. The molecule has 0 aliphatic carbocycles. The summed E-state index contributed by atoms with van der Waals surface area (Å²) in [6, 6.07) is 10.1. The predicted molar refractivity (Wildman–Crippen MR) is 91.4 cm³/mol. The SMILES string of the molecule is Cc1cc(N2CCN(c3ccc(Cl)cc3)CC2)n2ncnc2n1. The van der Waals surface area contributed by atoms with Crippen molar-refractivity contribution < 1.29 is 0 Å². The molecule has 1 aliphatic rings. The Labute approximate surface area is 139 Å². The topological polar surface area (TPSA) is 49.6 Å². The van der Waals surface area contributed by atoms with Crippen molar-refractivity contribution >= 4 is 28.9 Å². The summed E-state index contributed by atoms with van der Waals surface area (Å²) in [5, 5.41) is 5.07. The molecular formula is C16H17ClN6. The molecule has 0 bridgehead atoms. The maximum Gasteiger partial charge on any atom is 0.254 e. The van der Waals surface area contributed by atoms with E-state index in [1.165, 1.54) is 5.69 Å². The van der Waals surface area contributed by atoms with Gasteiger partial charge in [0.25, 0.3) is 5.78 Å². The first-order chi connectivity index (χ1) is 11.2. The second kappa shape index (κ2) is 5.70. The highest BCUT2D eigenvalue weighted by molar-refractivity contribution is 6.30. The first-order valence-corrected chi connectivity index (χ1v) is 8.01. The van der Waals surface area contributed by atoms with Crippen molar-refractivity contribution in [2.75, 3.05) is 36.0 Å². The van der Waals surface area contributed by atoms with E-state index in [4.69, 9.17) is 11.6 Å². The van der Waals surface area contributed by atoms with Crippen LogP contribution in [0.1, 0.15) is 5.69 Å². The van der Waals surface area contributed by atoms with Crippen LogP contribution in [-0.2, 0) is 0 Å². The summed E-state index contributed by atoms with van der Waals surface area (Å²) in [4.78, 5) is 13.3. The van der Waals surface area contributed by atoms with Gasteiger partial charge in [0.2, 0.25) is 0 Å². The minimum absolute atomic E-state index is 0.653. The normalized spacial score (nSPS) is 15.4. The minimum atomic E-state index is 0.653. The van der Waals surface area contributed by atoms with E-state index in [-0.39, 0.29) is 0 Å². The van der Waals surface area contributed by atoms with Gasteiger partial charge in [0.15, 0.2) is 0 Å². The monoisotopic (exact) mass is 328 g/mol. The van der Waals surface area contributed by atoms with Gasteiger partial charge in [-0.15, -0.1) is 0 Å². The minimum Gasteiger partial charge on any atom is -0.368 e. The van der Waals surface area contributed by atoms with E-state index in [0.29, 0.717) is 5.78 Å². The van der Waals surface area contributed by atoms with Crippen molar-refractivity contribution in [1.29, 1.82) is 0 Å². The van der Waals surface area contributed by atoms with Crippen molar-refractivity contribution in [1.82, 2.24) is 19.6 Å². The number of aromatic nitrogens is 4. The van der Waals surface area contributed by atoms with Crippen LogP contribution in [-0.4, -0.2) is 45.8 Å². The Hall–Kier alpha value is -2.34. The summed E-state index contributed by atoms with van der Waals surface area (Å²) in [7, 11) is 0. The van der Waals surface area contributed by atoms with Gasteiger partial charge in [-0.1, -0.05) is 11.6 Å². The maximum atomic E-state index is 5.97. The lowest BCUT2D eigenvalue weighted by atomic mass is 10.2. The van der Waals surface area contributed by atoms with Crippen LogP contribution in [0.3, 0.4) is 0 Å². The number of anilines is 2. The fourth-order valence-corrected chi connectivity index (χ4v) is 3.11. The zero-order chi connectivity index (χ0) is 15.8. The second-order valence-electron chi connectivity index (χ2n) is 5.68. The molecule has 23 heavy (non-hydrogen) atoms. The summed E-state index contributed by atoms with van der Waals surface area (Å²) < 4.78 is 1.81. The van der Waals surface area contributed by atoms with Crippen LogP contribution in [0, 0.1) is 6.92 Å². The average molecular weight is 329 g/mol. The van der Waals surface area contributed by atoms with E-state index in [1.54, 1.807) is 6.33 Å². The lowest BCUT2D eigenvalue weighted by Gasteiger charge is -2.37. The lowest BCUT2D eigenvalue weighted by molar-refractivity contribution is 0.638. The number of nitrogens with zero attached hydrogens (tertiary/aromatic N) is 6. The van der Waals surface area contributed by atoms with Crippen LogP contribution >= 0.6 is 11.6 Å². The Kier molecular flexibility index (Phi) is 3.53. The summed E-state index contributed by atoms with van der Waals surface area (Å²) in [5.41, 5.74) is 2.17. The van der Waals surface area contributed by atoms with E-state index in [1.807, 2.05) is 23.6 Å². The molecule has 1 saturated heterocycles. The molecule has 4 rings (SSSR count). The zero-order valence-electron chi connectivity index (χ0n) is 12.9. The first-order valence-electron chi connectivity index (χ1n) is 7.63. The Morgan fingerprint density at radius 3 is 2.43 bits per heavy atom. The molecule has 1 aliphatic heterocycles. The average Bonchev–Trinajstić information content (AvgIpc) is 3.03. The van der Waals surface area contributed by atoms with Crippen LogP contribution < -0.4 is 9.80 Å². The van der Waals surface area contributed by atoms with Gasteiger partial charge >= 0.3 is 0 Å². The van der Waals surface area contributed by atoms with Gasteiger partial charge in [-0.3, -0.25) is 0 Å². The molecular weight excluding hydrogens is 312 g/mol.